The van der Waals surface area contributed by atoms with E-state index in [4.69, 9.17) is 9.47 Å². The summed E-state index contributed by atoms with van der Waals surface area (Å²) in [7, 11) is 1.73. The minimum atomic E-state index is 0.411. The Balaban J connectivity index is 2.00. The van der Waals surface area contributed by atoms with Crippen molar-refractivity contribution >= 4 is 0 Å². The van der Waals surface area contributed by atoms with Crippen molar-refractivity contribution in [2.75, 3.05) is 26.9 Å². The van der Waals surface area contributed by atoms with Crippen LogP contribution in [0.4, 0.5) is 0 Å². The minimum absolute atomic E-state index is 0.411. The van der Waals surface area contributed by atoms with Gasteiger partial charge in [-0.2, -0.15) is 0 Å². The maximum absolute atomic E-state index is 5.90. The van der Waals surface area contributed by atoms with Crippen LogP contribution in [0.15, 0.2) is 0 Å². The van der Waals surface area contributed by atoms with Gasteiger partial charge in [-0.25, -0.2) is 0 Å². The van der Waals surface area contributed by atoms with Gasteiger partial charge in [0, 0.05) is 19.7 Å². The Bertz CT molecular complexity index is 196. The summed E-state index contributed by atoms with van der Waals surface area (Å²) in [6, 6.07) is 0.411. The van der Waals surface area contributed by atoms with Crippen LogP contribution in [0.5, 0.6) is 0 Å². The van der Waals surface area contributed by atoms with Gasteiger partial charge in [-0.3, -0.25) is 0 Å². The third-order valence-corrected chi connectivity index (χ3v) is 3.65. The smallest absolute Gasteiger partial charge is 0.0613 e. The highest BCUT2D eigenvalue weighted by Gasteiger charge is 2.26. The van der Waals surface area contributed by atoms with Crippen LogP contribution in [-0.2, 0) is 9.47 Å². The van der Waals surface area contributed by atoms with Gasteiger partial charge >= 0.3 is 0 Å². The lowest BCUT2D eigenvalue weighted by molar-refractivity contribution is 0.00477. The Hall–Kier alpha value is -0.120. The molecule has 1 N–H and O–H groups in total. The van der Waals surface area contributed by atoms with Crippen molar-refractivity contribution in [2.24, 2.45) is 5.41 Å². The first kappa shape index (κ1) is 14.9. The van der Waals surface area contributed by atoms with E-state index in [0.29, 0.717) is 17.6 Å². The zero-order chi connectivity index (χ0) is 12.7. The average Bonchev–Trinajstić information content (AvgIpc) is 2.27. The molecule has 1 rings (SSSR count). The maximum atomic E-state index is 5.90. The molecule has 1 unspecified atom stereocenters. The number of hydrogen-bond donors (Lipinski definition) is 1. The molecule has 1 saturated carbocycles. The molecule has 1 fully saturated rings. The molecular formula is C14H29NO2. The SMILES string of the molecule is COCC(C)NCCOC1CCC(C)(C)CC1. The highest BCUT2D eigenvalue weighted by molar-refractivity contribution is 4.78. The fraction of sp³-hybridized carbons (Fsp3) is 1.00. The lowest BCUT2D eigenvalue weighted by Gasteiger charge is -2.34. The Morgan fingerprint density at radius 3 is 2.53 bits per heavy atom. The van der Waals surface area contributed by atoms with Crippen LogP contribution in [-0.4, -0.2) is 39.0 Å². The number of rotatable bonds is 7. The van der Waals surface area contributed by atoms with Crippen LogP contribution in [0.3, 0.4) is 0 Å². The molecule has 1 atom stereocenters. The van der Waals surface area contributed by atoms with Gasteiger partial charge in [-0.1, -0.05) is 13.8 Å². The zero-order valence-electron chi connectivity index (χ0n) is 11.9. The summed E-state index contributed by atoms with van der Waals surface area (Å²) in [4.78, 5) is 0. The quantitative estimate of drug-likeness (QED) is 0.697. The lowest BCUT2D eigenvalue weighted by Crippen LogP contribution is -2.34. The molecule has 1 aliphatic rings. The Morgan fingerprint density at radius 1 is 1.29 bits per heavy atom. The largest absolute Gasteiger partial charge is 0.383 e. The monoisotopic (exact) mass is 243 g/mol. The first-order valence-electron chi connectivity index (χ1n) is 6.87. The second-order valence-electron chi connectivity index (χ2n) is 6.04. The van der Waals surface area contributed by atoms with Crippen LogP contribution in [0.25, 0.3) is 0 Å². The van der Waals surface area contributed by atoms with Crippen LogP contribution >= 0.6 is 0 Å². The molecule has 3 heteroatoms. The molecule has 3 nitrogen and oxygen atoms in total. The van der Waals surface area contributed by atoms with Gasteiger partial charge in [-0.15, -0.1) is 0 Å². The molecule has 0 aromatic carbocycles. The summed E-state index contributed by atoms with van der Waals surface area (Å²) < 4.78 is 11.0. The summed E-state index contributed by atoms with van der Waals surface area (Å²) in [6.45, 7) is 9.35. The van der Waals surface area contributed by atoms with Gasteiger partial charge in [0.2, 0.25) is 0 Å². The molecule has 0 aromatic heterocycles. The number of methoxy groups -OCH3 is 1. The maximum Gasteiger partial charge on any atom is 0.0613 e. The molecule has 0 bridgehead atoms. The second-order valence-corrected chi connectivity index (χ2v) is 6.04. The Morgan fingerprint density at radius 2 is 1.94 bits per heavy atom. The number of nitrogens with one attached hydrogen (secondary N) is 1. The molecule has 0 aliphatic heterocycles. The van der Waals surface area contributed by atoms with E-state index in [0.717, 1.165) is 19.8 Å². The third kappa shape index (κ3) is 6.39. The first-order valence-corrected chi connectivity index (χ1v) is 6.87. The van der Waals surface area contributed by atoms with Gasteiger partial charge in [0.1, 0.15) is 0 Å². The molecule has 102 valence electrons. The van der Waals surface area contributed by atoms with Gasteiger partial charge in [0.05, 0.1) is 19.3 Å². The van der Waals surface area contributed by atoms with Crippen LogP contribution in [0.1, 0.15) is 46.5 Å². The summed E-state index contributed by atoms with van der Waals surface area (Å²) >= 11 is 0. The summed E-state index contributed by atoms with van der Waals surface area (Å²) in [5, 5.41) is 3.39. The number of hydrogen-bond acceptors (Lipinski definition) is 3. The lowest BCUT2D eigenvalue weighted by atomic mass is 9.76. The van der Waals surface area contributed by atoms with Crippen molar-refractivity contribution in [3.05, 3.63) is 0 Å². The van der Waals surface area contributed by atoms with Crippen LogP contribution in [0, 0.1) is 5.41 Å². The average molecular weight is 243 g/mol. The van der Waals surface area contributed by atoms with Crippen molar-refractivity contribution < 1.29 is 9.47 Å². The van der Waals surface area contributed by atoms with E-state index in [1.165, 1.54) is 25.7 Å². The summed E-state index contributed by atoms with van der Waals surface area (Å²) in [5.41, 5.74) is 0.533. The predicted molar refractivity (Wildman–Crippen MR) is 71.3 cm³/mol. The van der Waals surface area contributed by atoms with Crippen LogP contribution in [0.2, 0.25) is 0 Å². The van der Waals surface area contributed by atoms with Gasteiger partial charge in [0.25, 0.3) is 0 Å². The topological polar surface area (TPSA) is 30.5 Å². The third-order valence-electron chi connectivity index (χ3n) is 3.65. The van der Waals surface area contributed by atoms with Gasteiger partial charge in [-0.05, 0) is 38.0 Å². The van der Waals surface area contributed by atoms with E-state index in [1.807, 2.05) is 0 Å². The minimum Gasteiger partial charge on any atom is -0.383 e. The van der Waals surface area contributed by atoms with Gasteiger partial charge < -0.3 is 14.8 Å². The Kier molecular flexibility index (Phi) is 6.45. The molecule has 17 heavy (non-hydrogen) atoms. The summed E-state index contributed by atoms with van der Waals surface area (Å²) in [6.07, 6.45) is 5.53. The molecular weight excluding hydrogens is 214 g/mol. The summed E-state index contributed by atoms with van der Waals surface area (Å²) in [5.74, 6) is 0. The van der Waals surface area contributed by atoms with Crippen molar-refractivity contribution in [3.8, 4) is 0 Å². The molecule has 0 amide bonds. The van der Waals surface area contributed by atoms with E-state index in [-0.39, 0.29) is 0 Å². The Labute approximate surface area is 106 Å². The van der Waals surface area contributed by atoms with E-state index < -0.39 is 0 Å². The molecule has 0 saturated heterocycles. The number of ether oxygens (including phenoxy) is 2. The fourth-order valence-electron chi connectivity index (χ4n) is 2.38. The second kappa shape index (κ2) is 7.34. The van der Waals surface area contributed by atoms with Crippen molar-refractivity contribution in [3.63, 3.8) is 0 Å². The van der Waals surface area contributed by atoms with E-state index in [1.54, 1.807) is 7.11 Å². The van der Waals surface area contributed by atoms with E-state index in [2.05, 4.69) is 26.1 Å². The van der Waals surface area contributed by atoms with Gasteiger partial charge in [0.15, 0.2) is 0 Å². The fourth-order valence-corrected chi connectivity index (χ4v) is 2.38. The first-order chi connectivity index (χ1) is 8.03. The molecule has 0 heterocycles. The molecule has 1 aliphatic carbocycles. The highest BCUT2D eigenvalue weighted by Crippen LogP contribution is 2.35. The standard InChI is InChI=1S/C14H29NO2/c1-12(11-16-4)15-9-10-17-13-5-7-14(2,3)8-6-13/h12-13,15H,5-11H2,1-4H3. The van der Waals surface area contributed by atoms with Crippen LogP contribution < -0.4 is 5.32 Å². The van der Waals surface area contributed by atoms with Crippen molar-refractivity contribution in [1.29, 1.82) is 0 Å². The normalized spacial score (nSPS) is 22.6. The highest BCUT2D eigenvalue weighted by atomic mass is 16.5. The van der Waals surface area contributed by atoms with Crippen molar-refractivity contribution in [1.82, 2.24) is 5.32 Å². The predicted octanol–water partition coefficient (Wildman–Crippen LogP) is 2.60. The molecule has 0 aromatic rings. The van der Waals surface area contributed by atoms with E-state index >= 15 is 0 Å². The molecule has 0 spiro atoms. The van der Waals surface area contributed by atoms with Crippen molar-refractivity contribution in [2.45, 2.75) is 58.6 Å². The van der Waals surface area contributed by atoms with E-state index in [9.17, 15) is 0 Å². The zero-order valence-corrected chi connectivity index (χ0v) is 11.9. The molecule has 0 radical (unpaired) electrons.